The van der Waals surface area contributed by atoms with Gasteiger partial charge in [0.15, 0.2) is 0 Å². The lowest BCUT2D eigenvalue weighted by atomic mass is 9.95. The number of nitrogens with two attached hydrogens (primary N) is 1. The van der Waals surface area contributed by atoms with Gasteiger partial charge in [-0.15, -0.1) is 0 Å². The summed E-state index contributed by atoms with van der Waals surface area (Å²) in [6.45, 7) is 5.32. The van der Waals surface area contributed by atoms with Crippen LogP contribution in [0.1, 0.15) is 18.9 Å². The molecule has 0 aliphatic carbocycles. The number of nitrogen functional groups attached to an aromatic ring is 1. The number of hydrogen-bond donors (Lipinski definition) is 1. The maximum absolute atomic E-state index is 5.58. The average molecular weight is 235 g/mol. The highest BCUT2D eigenvalue weighted by Crippen LogP contribution is 2.20. The molecule has 2 unspecified atom stereocenters. The third kappa shape index (κ3) is 3.17. The van der Waals surface area contributed by atoms with Gasteiger partial charge in [0.25, 0.3) is 0 Å². The Kier molecular flexibility index (Phi) is 3.97. The number of likely N-dealkylation sites (tertiary alicyclic amines) is 1. The molecule has 17 heavy (non-hydrogen) atoms. The van der Waals surface area contributed by atoms with Crippen molar-refractivity contribution in [3.8, 4) is 0 Å². The number of hydrogen-bond acceptors (Lipinski definition) is 4. The first kappa shape index (κ1) is 12.3. The van der Waals surface area contributed by atoms with Gasteiger partial charge in [-0.1, -0.05) is 13.0 Å². The molecule has 1 aromatic heterocycles. The van der Waals surface area contributed by atoms with E-state index in [1.807, 2.05) is 18.3 Å². The van der Waals surface area contributed by atoms with Crippen LogP contribution in [0.15, 0.2) is 18.3 Å². The number of pyridine rings is 1. The van der Waals surface area contributed by atoms with Crippen LogP contribution in [0.5, 0.6) is 0 Å². The van der Waals surface area contributed by atoms with E-state index in [1.54, 1.807) is 7.11 Å². The molecule has 0 amide bonds. The molecular formula is C13H21N3O. The molecule has 1 fully saturated rings. The second-order valence-electron chi connectivity index (χ2n) is 4.87. The van der Waals surface area contributed by atoms with Crippen LogP contribution in [0.4, 0.5) is 5.82 Å². The van der Waals surface area contributed by atoms with E-state index in [9.17, 15) is 0 Å². The van der Waals surface area contributed by atoms with E-state index >= 15 is 0 Å². The van der Waals surface area contributed by atoms with Crippen molar-refractivity contribution < 1.29 is 4.74 Å². The third-order valence-electron chi connectivity index (χ3n) is 3.53. The molecule has 2 atom stereocenters. The Morgan fingerprint density at radius 2 is 2.35 bits per heavy atom. The maximum atomic E-state index is 5.58. The van der Waals surface area contributed by atoms with Gasteiger partial charge in [-0.05, 0) is 30.5 Å². The number of methoxy groups -OCH3 is 1. The predicted octanol–water partition coefficient (Wildman–Crippen LogP) is 1.52. The van der Waals surface area contributed by atoms with Crippen LogP contribution in [0, 0.1) is 5.92 Å². The van der Waals surface area contributed by atoms with Crippen molar-refractivity contribution in [1.29, 1.82) is 0 Å². The molecule has 1 aromatic rings. The fraction of sp³-hybridized carbons (Fsp3) is 0.615. The van der Waals surface area contributed by atoms with Crippen LogP contribution in [0.2, 0.25) is 0 Å². The zero-order valence-corrected chi connectivity index (χ0v) is 10.6. The van der Waals surface area contributed by atoms with E-state index in [4.69, 9.17) is 10.5 Å². The van der Waals surface area contributed by atoms with E-state index in [-0.39, 0.29) is 0 Å². The first-order chi connectivity index (χ1) is 8.19. The van der Waals surface area contributed by atoms with Crippen molar-refractivity contribution >= 4 is 5.82 Å². The van der Waals surface area contributed by atoms with E-state index in [1.165, 1.54) is 12.0 Å². The number of nitrogens with zero attached hydrogens (tertiary/aromatic N) is 2. The summed E-state index contributed by atoms with van der Waals surface area (Å²) < 4.78 is 5.51. The molecule has 0 aromatic carbocycles. The SMILES string of the molecule is COC1CN(Cc2ccc(N)nc2)CCC1C. The van der Waals surface area contributed by atoms with Crippen LogP contribution in [-0.4, -0.2) is 36.2 Å². The lowest BCUT2D eigenvalue weighted by Gasteiger charge is -2.36. The fourth-order valence-corrected chi connectivity index (χ4v) is 2.34. The highest BCUT2D eigenvalue weighted by atomic mass is 16.5. The van der Waals surface area contributed by atoms with E-state index < -0.39 is 0 Å². The van der Waals surface area contributed by atoms with Gasteiger partial charge in [-0.2, -0.15) is 0 Å². The fourth-order valence-electron chi connectivity index (χ4n) is 2.34. The summed E-state index contributed by atoms with van der Waals surface area (Å²) in [6.07, 6.45) is 3.40. The predicted molar refractivity (Wildman–Crippen MR) is 68.5 cm³/mol. The molecule has 1 aliphatic heterocycles. The molecular weight excluding hydrogens is 214 g/mol. The number of ether oxygens (including phenoxy) is 1. The van der Waals surface area contributed by atoms with Crippen LogP contribution in [-0.2, 0) is 11.3 Å². The molecule has 4 heteroatoms. The van der Waals surface area contributed by atoms with Crippen molar-refractivity contribution in [1.82, 2.24) is 9.88 Å². The third-order valence-corrected chi connectivity index (χ3v) is 3.53. The van der Waals surface area contributed by atoms with Crippen LogP contribution < -0.4 is 5.73 Å². The van der Waals surface area contributed by atoms with Crippen LogP contribution in [0.3, 0.4) is 0 Å². The van der Waals surface area contributed by atoms with Crippen molar-refractivity contribution in [3.05, 3.63) is 23.9 Å². The van der Waals surface area contributed by atoms with Crippen LogP contribution >= 0.6 is 0 Å². The monoisotopic (exact) mass is 235 g/mol. The first-order valence-electron chi connectivity index (χ1n) is 6.14. The summed E-state index contributed by atoms with van der Waals surface area (Å²) in [5.41, 5.74) is 6.79. The summed E-state index contributed by atoms with van der Waals surface area (Å²) in [4.78, 5) is 6.54. The zero-order valence-electron chi connectivity index (χ0n) is 10.6. The van der Waals surface area contributed by atoms with E-state index in [2.05, 4.69) is 16.8 Å². The van der Waals surface area contributed by atoms with Gasteiger partial charge in [0.05, 0.1) is 6.10 Å². The van der Waals surface area contributed by atoms with Crippen LogP contribution in [0.25, 0.3) is 0 Å². The topological polar surface area (TPSA) is 51.4 Å². The molecule has 0 radical (unpaired) electrons. The molecule has 0 spiro atoms. The first-order valence-corrected chi connectivity index (χ1v) is 6.14. The van der Waals surface area contributed by atoms with Gasteiger partial charge in [-0.25, -0.2) is 4.98 Å². The summed E-state index contributed by atoms with van der Waals surface area (Å²) in [5, 5.41) is 0. The minimum atomic E-state index is 0.352. The Labute approximate surface area is 103 Å². The minimum Gasteiger partial charge on any atom is -0.384 e. The molecule has 1 aliphatic rings. The molecule has 94 valence electrons. The number of aromatic nitrogens is 1. The van der Waals surface area contributed by atoms with Gasteiger partial charge < -0.3 is 10.5 Å². The standard InChI is InChI=1S/C13H21N3O/c1-10-5-6-16(9-12(10)17-2)8-11-3-4-13(14)15-7-11/h3-4,7,10,12H,5-6,8-9H2,1-2H3,(H2,14,15). The largest absolute Gasteiger partial charge is 0.384 e. The molecule has 0 bridgehead atoms. The number of rotatable bonds is 3. The van der Waals surface area contributed by atoms with Gasteiger partial charge in [0.2, 0.25) is 0 Å². The lowest BCUT2D eigenvalue weighted by molar-refractivity contribution is -0.00747. The Hall–Kier alpha value is -1.13. The molecule has 2 heterocycles. The lowest BCUT2D eigenvalue weighted by Crippen LogP contribution is -2.43. The van der Waals surface area contributed by atoms with E-state index in [0.29, 0.717) is 17.8 Å². The zero-order chi connectivity index (χ0) is 12.3. The van der Waals surface area contributed by atoms with Gasteiger partial charge in [-0.3, -0.25) is 4.90 Å². The number of piperidine rings is 1. The Bertz CT molecular complexity index is 352. The molecule has 2 N–H and O–H groups in total. The summed E-state index contributed by atoms with van der Waals surface area (Å²) in [6, 6.07) is 3.90. The Morgan fingerprint density at radius 1 is 1.53 bits per heavy atom. The highest BCUT2D eigenvalue weighted by Gasteiger charge is 2.25. The molecule has 4 nitrogen and oxygen atoms in total. The normalized spacial score (nSPS) is 26.0. The minimum absolute atomic E-state index is 0.352. The number of anilines is 1. The van der Waals surface area contributed by atoms with Gasteiger partial charge in [0, 0.05) is 26.4 Å². The maximum Gasteiger partial charge on any atom is 0.123 e. The second-order valence-corrected chi connectivity index (χ2v) is 4.87. The van der Waals surface area contributed by atoms with E-state index in [0.717, 1.165) is 19.6 Å². The van der Waals surface area contributed by atoms with Gasteiger partial charge in [0.1, 0.15) is 5.82 Å². The Balaban J connectivity index is 1.93. The quantitative estimate of drug-likeness (QED) is 0.863. The average Bonchev–Trinajstić information content (AvgIpc) is 2.34. The highest BCUT2D eigenvalue weighted by molar-refractivity contribution is 5.29. The van der Waals surface area contributed by atoms with Crippen molar-refractivity contribution in [2.24, 2.45) is 5.92 Å². The molecule has 2 rings (SSSR count). The summed E-state index contributed by atoms with van der Waals surface area (Å²) in [7, 11) is 1.80. The smallest absolute Gasteiger partial charge is 0.123 e. The summed E-state index contributed by atoms with van der Waals surface area (Å²) in [5.74, 6) is 1.23. The molecule has 0 saturated carbocycles. The van der Waals surface area contributed by atoms with Gasteiger partial charge >= 0.3 is 0 Å². The van der Waals surface area contributed by atoms with Crippen molar-refractivity contribution in [2.75, 3.05) is 25.9 Å². The summed E-state index contributed by atoms with van der Waals surface area (Å²) >= 11 is 0. The van der Waals surface area contributed by atoms with Crippen molar-refractivity contribution in [2.45, 2.75) is 26.0 Å². The molecule has 1 saturated heterocycles. The Morgan fingerprint density at radius 3 is 3.00 bits per heavy atom. The second kappa shape index (κ2) is 5.47. The van der Waals surface area contributed by atoms with Crippen molar-refractivity contribution in [3.63, 3.8) is 0 Å².